The molecule has 0 N–H and O–H groups in total. The topological polar surface area (TPSA) is 71.9 Å². The van der Waals surface area contributed by atoms with Crippen molar-refractivity contribution in [1.82, 2.24) is 24.8 Å². The van der Waals surface area contributed by atoms with E-state index < -0.39 is 0 Å². The molecule has 1 aliphatic carbocycles. The number of amides is 1. The smallest absolute Gasteiger partial charge is 0.257 e. The predicted octanol–water partition coefficient (Wildman–Crippen LogP) is 3.05. The molecule has 1 fully saturated rings. The molecule has 6 nitrogen and oxygen atoms in total. The Hall–Kier alpha value is -3.15. The fraction of sp³-hybridized carbons (Fsp3) is 0.318. The summed E-state index contributed by atoms with van der Waals surface area (Å²) in [7, 11) is 0. The minimum absolute atomic E-state index is 0.00506. The minimum Gasteiger partial charge on any atom is -0.338 e. The van der Waals surface area contributed by atoms with Gasteiger partial charge in [-0.05, 0) is 31.2 Å². The van der Waals surface area contributed by atoms with E-state index in [1.165, 1.54) is 11.9 Å². The van der Waals surface area contributed by atoms with Crippen molar-refractivity contribution in [3.8, 4) is 11.4 Å². The first-order chi connectivity index (χ1) is 13.8. The Kier molecular flexibility index (Phi) is 4.11. The molecule has 6 heteroatoms. The highest BCUT2D eigenvalue weighted by Gasteiger charge is 2.44. The van der Waals surface area contributed by atoms with Crippen LogP contribution in [0.25, 0.3) is 11.4 Å². The number of hydrogen-bond acceptors (Lipinski definition) is 5. The SMILES string of the molecule is O=C(c1cncnc1)N1CCCC2(CCc3cnc(-c4ccccc4)nc32)C1. The van der Waals surface area contributed by atoms with Crippen molar-refractivity contribution in [2.75, 3.05) is 13.1 Å². The Morgan fingerprint density at radius 2 is 1.86 bits per heavy atom. The summed E-state index contributed by atoms with van der Waals surface area (Å²) >= 11 is 0. The van der Waals surface area contributed by atoms with Crippen molar-refractivity contribution in [2.45, 2.75) is 31.1 Å². The molecule has 2 aromatic heterocycles. The van der Waals surface area contributed by atoms with Crippen LogP contribution in [-0.4, -0.2) is 43.8 Å². The van der Waals surface area contributed by atoms with Gasteiger partial charge >= 0.3 is 0 Å². The van der Waals surface area contributed by atoms with Gasteiger partial charge in [-0.1, -0.05) is 30.3 Å². The molecule has 1 amide bonds. The first-order valence-corrected chi connectivity index (χ1v) is 9.71. The van der Waals surface area contributed by atoms with Crippen LogP contribution in [0.15, 0.2) is 55.2 Å². The van der Waals surface area contributed by atoms with Crippen LogP contribution in [0, 0.1) is 0 Å². The Labute approximate surface area is 163 Å². The van der Waals surface area contributed by atoms with Gasteiger partial charge in [0, 0.05) is 42.7 Å². The van der Waals surface area contributed by atoms with Crippen molar-refractivity contribution in [2.24, 2.45) is 0 Å². The van der Waals surface area contributed by atoms with E-state index in [4.69, 9.17) is 4.98 Å². The van der Waals surface area contributed by atoms with E-state index in [0.717, 1.165) is 49.3 Å². The second kappa shape index (κ2) is 6.78. The maximum Gasteiger partial charge on any atom is 0.257 e. The number of hydrogen-bond donors (Lipinski definition) is 0. The number of aryl methyl sites for hydroxylation is 1. The van der Waals surface area contributed by atoms with E-state index in [1.54, 1.807) is 12.4 Å². The standard InChI is InChI=1S/C22H21N5O/c28-21(18-11-23-15-24-12-18)27-10-4-8-22(14-27)9-7-17-13-25-20(26-19(17)22)16-5-2-1-3-6-16/h1-3,5-6,11-13,15H,4,7-10,14H2. The van der Waals surface area contributed by atoms with Crippen LogP contribution < -0.4 is 0 Å². The Bertz CT molecular complexity index is 1000. The molecular weight excluding hydrogens is 350 g/mol. The van der Waals surface area contributed by atoms with E-state index >= 15 is 0 Å². The first-order valence-electron chi connectivity index (χ1n) is 9.71. The number of carbonyl (C=O) groups excluding carboxylic acids is 1. The lowest BCUT2D eigenvalue weighted by molar-refractivity contribution is 0.0632. The molecule has 1 spiro atoms. The van der Waals surface area contributed by atoms with Gasteiger partial charge in [0.15, 0.2) is 5.82 Å². The molecule has 1 saturated heterocycles. The van der Waals surface area contributed by atoms with E-state index in [0.29, 0.717) is 12.1 Å². The van der Waals surface area contributed by atoms with Gasteiger partial charge in [-0.25, -0.2) is 19.9 Å². The molecule has 1 aromatic carbocycles. The molecule has 5 rings (SSSR count). The van der Waals surface area contributed by atoms with Gasteiger partial charge in [-0.15, -0.1) is 0 Å². The number of nitrogens with zero attached hydrogens (tertiary/aromatic N) is 5. The maximum absolute atomic E-state index is 13.0. The molecule has 2 aliphatic rings. The van der Waals surface area contributed by atoms with Crippen LogP contribution >= 0.6 is 0 Å². The quantitative estimate of drug-likeness (QED) is 0.692. The normalized spacial score (nSPS) is 20.9. The monoisotopic (exact) mass is 371 g/mol. The second-order valence-electron chi connectivity index (χ2n) is 7.67. The number of aromatic nitrogens is 4. The number of likely N-dealkylation sites (tertiary alicyclic amines) is 1. The summed E-state index contributed by atoms with van der Waals surface area (Å²) in [6.07, 6.45) is 10.6. The Morgan fingerprint density at radius 1 is 1.04 bits per heavy atom. The van der Waals surface area contributed by atoms with Gasteiger partial charge in [0.1, 0.15) is 6.33 Å². The molecule has 3 aromatic rings. The van der Waals surface area contributed by atoms with Crippen LogP contribution in [0.2, 0.25) is 0 Å². The fourth-order valence-electron chi connectivity index (χ4n) is 4.56. The van der Waals surface area contributed by atoms with Crippen LogP contribution in [0.4, 0.5) is 0 Å². The van der Waals surface area contributed by atoms with Gasteiger partial charge in [0.2, 0.25) is 0 Å². The number of carbonyl (C=O) groups is 1. The Balaban J connectivity index is 1.48. The van der Waals surface area contributed by atoms with Crippen LogP contribution in [0.5, 0.6) is 0 Å². The van der Waals surface area contributed by atoms with Crippen LogP contribution in [0.1, 0.15) is 40.9 Å². The average molecular weight is 371 g/mol. The van der Waals surface area contributed by atoms with E-state index in [-0.39, 0.29) is 11.3 Å². The molecular formula is C22H21N5O. The third kappa shape index (κ3) is 2.85. The molecule has 140 valence electrons. The van der Waals surface area contributed by atoms with Gasteiger partial charge in [0.05, 0.1) is 11.3 Å². The third-order valence-corrected chi connectivity index (χ3v) is 5.94. The summed E-state index contributed by atoms with van der Waals surface area (Å²) in [4.78, 5) is 32.5. The van der Waals surface area contributed by atoms with Gasteiger partial charge in [-0.3, -0.25) is 4.79 Å². The number of rotatable bonds is 2. The zero-order valence-corrected chi connectivity index (χ0v) is 15.6. The van der Waals surface area contributed by atoms with Crippen molar-refractivity contribution in [3.05, 3.63) is 72.1 Å². The summed E-state index contributed by atoms with van der Waals surface area (Å²) in [6.45, 7) is 1.46. The molecule has 0 saturated carbocycles. The predicted molar refractivity (Wildman–Crippen MR) is 105 cm³/mol. The van der Waals surface area contributed by atoms with E-state index in [1.807, 2.05) is 41.4 Å². The average Bonchev–Trinajstić information content (AvgIpc) is 3.11. The van der Waals surface area contributed by atoms with Gasteiger partial charge in [-0.2, -0.15) is 0 Å². The molecule has 1 unspecified atom stereocenters. The highest BCUT2D eigenvalue weighted by Crippen LogP contribution is 2.44. The number of piperidine rings is 1. The second-order valence-corrected chi connectivity index (χ2v) is 7.67. The highest BCUT2D eigenvalue weighted by molar-refractivity contribution is 5.93. The van der Waals surface area contributed by atoms with Crippen molar-refractivity contribution >= 4 is 5.91 Å². The molecule has 0 bridgehead atoms. The fourth-order valence-corrected chi connectivity index (χ4v) is 4.56. The maximum atomic E-state index is 13.0. The number of fused-ring (bicyclic) bond motifs is 2. The van der Waals surface area contributed by atoms with Crippen LogP contribution in [0.3, 0.4) is 0 Å². The highest BCUT2D eigenvalue weighted by atomic mass is 16.2. The zero-order valence-electron chi connectivity index (χ0n) is 15.6. The summed E-state index contributed by atoms with van der Waals surface area (Å²) in [5.41, 5.74) is 3.84. The summed E-state index contributed by atoms with van der Waals surface area (Å²) in [5.74, 6) is 0.769. The summed E-state index contributed by atoms with van der Waals surface area (Å²) < 4.78 is 0. The van der Waals surface area contributed by atoms with E-state index in [9.17, 15) is 4.79 Å². The lowest BCUT2D eigenvalue weighted by Gasteiger charge is -2.40. The molecule has 28 heavy (non-hydrogen) atoms. The third-order valence-electron chi connectivity index (χ3n) is 5.94. The lowest BCUT2D eigenvalue weighted by atomic mass is 9.77. The minimum atomic E-state index is -0.0780. The Morgan fingerprint density at radius 3 is 2.68 bits per heavy atom. The summed E-state index contributed by atoms with van der Waals surface area (Å²) in [6, 6.07) is 10.1. The largest absolute Gasteiger partial charge is 0.338 e. The molecule has 1 aliphatic heterocycles. The van der Waals surface area contributed by atoms with Gasteiger partial charge < -0.3 is 4.90 Å². The van der Waals surface area contributed by atoms with Crippen molar-refractivity contribution < 1.29 is 4.79 Å². The lowest BCUT2D eigenvalue weighted by Crippen LogP contribution is -2.48. The van der Waals surface area contributed by atoms with Crippen molar-refractivity contribution in [1.29, 1.82) is 0 Å². The molecule has 1 atom stereocenters. The van der Waals surface area contributed by atoms with Gasteiger partial charge in [0.25, 0.3) is 5.91 Å². The first kappa shape index (κ1) is 17.0. The summed E-state index contributed by atoms with van der Waals surface area (Å²) in [5, 5.41) is 0. The molecule has 3 heterocycles. The zero-order chi connectivity index (χ0) is 19.0. The van der Waals surface area contributed by atoms with E-state index in [2.05, 4.69) is 15.0 Å². The number of benzene rings is 1. The molecule has 0 radical (unpaired) electrons. The van der Waals surface area contributed by atoms with Crippen molar-refractivity contribution in [3.63, 3.8) is 0 Å². The van der Waals surface area contributed by atoms with Crippen LogP contribution in [-0.2, 0) is 11.8 Å².